The lowest BCUT2D eigenvalue weighted by atomic mass is 10.0. The third kappa shape index (κ3) is 4.18. The molecule has 2 aliphatic heterocycles. The predicted octanol–water partition coefficient (Wildman–Crippen LogP) is 1.75. The number of hydrogen-bond donors (Lipinski definition) is 0. The van der Waals surface area contributed by atoms with Crippen LogP contribution < -0.4 is 0 Å². The SMILES string of the molecule is CCCOC[C@@H]1CCN(C2CCN(C(C)=O)CC2)C1. The van der Waals surface area contributed by atoms with Crippen LogP contribution in [0.5, 0.6) is 0 Å². The third-order valence-corrected chi connectivity index (χ3v) is 4.45. The van der Waals surface area contributed by atoms with Crippen LogP contribution in [-0.4, -0.2) is 61.1 Å². The lowest BCUT2D eigenvalue weighted by Crippen LogP contribution is -2.45. The summed E-state index contributed by atoms with van der Waals surface area (Å²) < 4.78 is 5.67. The summed E-state index contributed by atoms with van der Waals surface area (Å²) in [7, 11) is 0. The average Bonchev–Trinajstić information content (AvgIpc) is 2.88. The van der Waals surface area contributed by atoms with Crippen molar-refractivity contribution in [2.24, 2.45) is 5.92 Å². The van der Waals surface area contributed by atoms with E-state index in [4.69, 9.17) is 4.74 Å². The molecule has 2 heterocycles. The van der Waals surface area contributed by atoms with E-state index < -0.39 is 0 Å². The van der Waals surface area contributed by atoms with Crippen LogP contribution in [0.25, 0.3) is 0 Å². The van der Waals surface area contributed by atoms with E-state index in [-0.39, 0.29) is 5.91 Å². The maximum absolute atomic E-state index is 11.3. The Morgan fingerprint density at radius 2 is 1.95 bits per heavy atom. The summed E-state index contributed by atoms with van der Waals surface area (Å²) in [5.41, 5.74) is 0. The Kier molecular flexibility index (Phi) is 5.64. The molecule has 0 spiro atoms. The Hall–Kier alpha value is -0.610. The fraction of sp³-hybridized carbons (Fsp3) is 0.933. The molecule has 1 amide bonds. The molecule has 0 aromatic rings. The van der Waals surface area contributed by atoms with E-state index in [0.717, 1.165) is 51.5 Å². The topological polar surface area (TPSA) is 32.8 Å². The molecule has 0 aliphatic carbocycles. The average molecular weight is 268 g/mol. The zero-order valence-electron chi connectivity index (χ0n) is 12.4. The van der Waals surface area contributed by atoms with Crippen LogP contribution in [0.1, 0.15) is 39.5 Å². The number of carbonyl (C=O) groups is 1. The highest BCUT2D eigenvalue weighted by molar-refractivity contribution is 5.73. The molecule has 0 aromatic carbocycles. The summed E-state index contributed by atoms with van der Waals surface area (Å²) in [6, 6.07) is 0.687. The van der Waals surface area contributed by atoms with Gasteiger partial charge < -0.3 is 9.64 Å². The molecule has 0 unspecified atom stereocenters. The molecule has 2 rings (SSSR count). The summed E-state index contributed by atoms with van der Waals surface area (Å²) in [6.45, 7) is 9.94. The largest absolute Gasteiger partial charge is 0.381 e. The smallest absolute Gasteiger partial charge is 0.219 e. The van der Waals surface area contributed by atoms with Gasteiger partial charge in [-0.05, 0) is 38.1 Å². The van der Waals surface area contributed by atoms with Gasteiger partial charge in [0.2, 0.25) is 5.91 Å². The minimum Gasteiger partial charge on any atom is -0.381 e. The van der Waals surface area contributed by atoms with E-state index in [1.807, 2.05) is 4.90 Å². The molecule has 1 atom stereocenters. The summed E-state index contributed by atoms with van der Waals surface area (Å²) >= 11 is 0. The summed E-state index contributed by atoms with van der Waals surface area (Å²) in [5, 5.41) is 0. The van der Waals surface area contributed by atoms with Crippen LogP contribution in [0.15, 0.2) is 0 Å². The number of rotatable bonds is 5. The lowest BCUT2D eigenvalue weighted by molar-refractivity contribution is -0.130. The molecule has 0 radical (unpaired) electrons. The monoisotopic (exact) mass is 268 g/mol. The number of piperidine rings is 1. The van der Waals surface area contributed by atoms with Crippen LogP contribution in [-0.2, 0) is 9.53 Å². The second kappa shape index (κ2) is 7.25. The maximum Gasteiger partial charge on any atom is 0.219 e. The van der Waals surface area contributed by atoms with E-state index in [2.05, 4.69) is 11.8 Å². The van der Waals surface area contributed by atoms with E-state index in [1.165, 1.54) is 19.5 Å². The molecule has 0 N–H and O–H groups in total. The van der Waals surface area contributed by atoms with Gasteiger partial charge >= 0.3 is 0 Å². The van der Waals surface area contributed by atoms with Gasteiger partial charge in [0.15, 0.2) is 0 Å². The molecule has 0 saturated carbocycles. The summed E-state index contributed by atoms with van der Waals surface area (Å²) in [6.07, 6.45) is 4.67. The zero-order valence-corrected chi connectivity index (χ0v) is 12.4. The molecule has 2 saturated heterocycles. The number of hydrogen-bond acceptors (Lipinski definition) is 3. The molecule has 0 bridgehead atoms. The van der Waals surface area contributed by atoms with Crippen molar-refractivity contribution in [1.82, 2.24) is 9.80 Å². The van der Waals surface area contributed by atoms with Crippen LogP contribution in [0.4, 0.5) is 0 Å². The van der Waals surface area contributed by atoms with Crippen molar-refractivity contribution in [3.05, 3.63) is 0 Å². The molecular formula is C15H28N2O2. The first-order chi connectivity index (χ1) is 9.20. The van der Waals surface area contributed by atoms with Crippen molar-refractivity contribution in [2.75, 3.05) is 39.4 Å². The Morgan fingerprint density at radius 3 is 2.58 bits per heavy atom. The van der Waals surface area contributed by atoms with Crippen molar-refractivity contribution in [3.63, 3.8) is 0 Å². The highest BCUT2D eigenvalue weighted by Crippen LogP contribution is 2.24. The molecular weight excluding hydrogens is 240 g/mol. The van der Waals surface area contributed by atoms with Gasteiger partial charge in [-0.2, -0.15) is 0 Å². The van der Waals surface area contributed by atoms with E-state index >= 15 is 0 Å². The number of amides is 1. The first kappa shape index (κ1) is 14.8. The first-order valence-corrected chi connectivity index (χ1v) is 7.78. The van der Waals surface area contributed by atoms with Gasteiger partial charge in [0.25, 0.3) is 0 Å². The number of carbonyl (C=O) groups excluding carboxylic acids is 1. The fourth-order valence-corrected chi connectivity index (χ4v) is 3.27. The van der Waals surface area contributed by atoms with Crippen molar-refractivity contribution in [1.29, 1.82) is 0 Å². The van der Waals surface area contributed by atoms with Crippen LogP contribution in [0.2, 0.25) is 0 Å². The molecule has 4 nitrogen and oxygen atoms in total. The Labute approximate surface area is 117 Å². The maximum atomic E-state index is 11.3. The highest BCUT2D eigenvalue weighted by atomic mass is 16.5. The molecule has 2 aliphatic rings. The lowest BCUT2D eigenvalue weighted by Gasteiger charge is -2.36. The number of likely N-dealkylation sites (tertiary alicyclic amines) is 2. The summed E-state index contributed by atoms with van der Waals surface area (Å²) in [5.74, 6) is 0.947. The Morgan fingerprint density at radius 1 is 1.21 bits per heavy atom. The van der Waals surface area contributed by atoms with Crippen molar-refractivity contribution < 1.29 is 9.53 Å². The highest BCUT2D eigenvalue weighted by Gasteiger charge is 2.31. The van der Waals surface area contributed by atoms with Crippen LogP contribution >= 0.6 is 0 Å². The van der Waals surface area contributed by atoms with Crippen molar-refractivity contribution >= 4 is 5.91 Å². The van der Waals surface area contributed by atoms with E-state index in [9.17, 15) is 4.79 Å². The van der Waals surface area contributed by atoms with Crippen molar-refractivity contribution in [2.45, 2.75) is 45.6 Å². The normalized spacial score (nSPS) is 26.0. The first-order valence-electron chi connectivity index (χ1n) is 7.78. The Bertz CT molecular complexity index is 288. The Balaban J connectivity index is 1.68. The van der Waals surface area contributed by atoms with Crippen LogP contribution in [0.3, 0.4) is 0 Å². The molecule has 110 valence electrons. The van der Waals surface area contributed by atoms with E-state index in [1.54, 1.807) is 6.92 Å². The molecule has 2 fully saturated rings. The van der Waals surface area contributed by atoms with Gasteiger partial charge in [0.1, 0.15) is 0 Å². The fourth-order valence-electron chi connectivity index (χ4n) is 3.27. The van der Waals surface area contributed by atoms with Gasteiger partial charge in [0.05, 0.1) is 6.61 Å². The number of ether oxygens (including phenoxy) is 1. The number of nitrogens with zero attached hydrogens (tertiary/aromatic N) is 2. The van der Waals surface area contributed by atoms with Crippen molar-refractivity contribution in [3.8, 4) is 0 Å². The van der Waals surface area contributed by atoms with Gasteiger partial charge in [-0.1, -0.05) is 6.92 Å². The van der Waals surface area contributed by atoms with Gasteiger partial charge in [0, 0.05) is 39.2 Å². The minimum absolute atomic E-state index is 0.228. The van der Waals surface area contributed by atoms with Gasteiger partial charge in [-0.3, -0.25) is 9.69 Å². The predicted molar refractivity (Wildman–Crippen MR) is 76.1 cm³/mol. The van der Waals surface area contributed by atoms with Crippen LogP contribution in [0, 0.1) is 5.92 Å². The second-order valence-corrected chi connectivity index (χ2v) is 5.96. The molecule has 4 heteroatoms. The van der Waals surface area contributed by atoms with Gasteiger partial charge in [-0.15, -0.1) is 0 Å². The quantitative estimate of drug-likeness (QED) is 0.712. The zero-order chi connectivity index (χ0) is 13.7. The molecule has 0 aromatic heterocycles. The third-order valence-electron chi connectivity index (χ3n) is 4.45. The standard InChI is InChI=1S/C15H28N2O2/c1-3-10-19-12-14-4-7-17(11-14)15-5-8-16(9-6-15)13(2)18/h14-15H,3-12H2,1-2H3/t14-/m1/s1. The molecule has 19 heavy (non-hydrogen) atoms. The second-order valence-electron chi connectivity index (χ2n) is 5.96. The van der Waals surface area contributed by atoms with Gasteiger partial charge in [-0.25, -0.2) is 0 Å². The summed E-state index contributed by atoms with van der Waals surface area (Å²) in [4.78, 5) is 15.9. The minimum atomic E-state index is 0.228. The van der Waals surface area contributed by atoms with E-state index in [0.29, 0.717) is 6.04 Å².